The molecule has 1 atom stereocenters. The van der Waals surface area contributed by atoms with Gasteiger partial charge in [0, 0.05) is 18.9 Å². The van der Waals surface area contributed by atoms with Crippen LogP contribution in [0.1, 0.15) is 30.4 Å². The number of hydrogen-bond acceptors (Lipinski definition) is 2. The number of pyridine rings is 1. The summed E-state index contributed by atoms with van der Waals surface area (Å²) in [6.45, 7) is 4.14. The Morgan fingerprint density at radius 3 is 2.70 bits per heavy atom. The summed E-state index contributed by atoms with van der Waals surface area (Å²) in [4.78, 5) is 4.04. The van der Waals surface area contributed by atoms with Gasteiger partial charge in [-0.05, 0) is 42.5 Å². The Hall–Kier alpha value is -1.38. The number of rotatable bonds is 7. The molecule has 0 bridgehead atoms. The van der Waals surface area contributed by atoms with E-state index in [9.17, 15) is 0 Å². The van der Waals surface area contributed by atoms with E-state index in [4.69, 9.17) is 11.6 Å². The van der Waals surface area contributed by atoms with E-state index < -0.39 is 0 Å². The van der Waals surface area contributed by atoms with Gasteiger partial charge in [0.2, 0.25) is 0 Å². The van der Waals surface area contributed by atoms with E-state index >= 15 is 0 Å². The Kier molecular flexibility index (Phi) is 6.03. The molecule has 0 spiro atoms. The van der Waals surface area contributed by atoms with Gasteiger partial charge in [-0.1, -0.05) is 48.9 Å². The minimum Gasteiger partial charge on any atom is -0.316 e. The fraction of sp³-hybridized carbons (Fsp3) is 0.353. The maximum atomic E-state index is 6.18. The van der Waals surface area contributed by atoms with Crippen LogP contribution in [0.25, 0.3) is 0 Å². The Morgan fingerprint density at radius 2 is 2.00 bits per heavy atom. The maximum absolute atomic E-state index is 6.18. The molecule has 1 N–H and O–H groups in total. The highest BCUT2D eigenvalue weighted by atomic mass is 35.5. The molecule has 1 aromatic carbocycles. The fourth-order valence-corrected chi connectivity index (χ4v) is 2.58. The van der Waals surface area contributed by atoms with Crippen LogP contribution in [-0.4, -0.2) is 18.1 Å². The molecule has 0 radical (unpaired) electrons. The van der Waals surface area contributed by atoms with Crippen molar-refractivity contribution in [3.63, 3.8) is 0 Å². The summed E-state index contributed by atoms with van der Waals surface area (Å²) in [7, 11) is 0. The monoisotopic (exact) mass is 288 g/mol. The SMILES string of the molecule is CCNCC(CCc1ccncc1Cl)c1ccccc1. The summed E-state index contributed by atoms with van der Waals surface area (Å²) in [6, 6.07) is 12.7. The molecule has 0 aliphatic rings. The molecule has 1 aromatic heterocycles. The first-order valence-corrected chi connectivity index (χ1v) is 7.53. The van der Waals surface area contributed by atoms with Gasteiger partial charge in [0.05, 0.1) is 5.02 Å². The number of benzene rings is 1. The Balaban J connectivity index is 2.03. The molecule has 20 heavy (non-hydrogen) atoms. The van der Waals surface area contributed by atoms with E-state index in [0.717, 1.165) is 31.0 Å². The predicted molar refractivity (Wildman–Crippen MR) is 85.3 cm³/mol. The second-order valence-electron chi connectivity index (χ2n) is 4.92. The zero-order valence-corrected chi connectivity index (χ0v) is 12.6. The van der Waals surface area contributed by atoms with Crippen molar-refractivity contribution < 1.29 is 0 Å². The smallest absolute Gasteiger partial charge is 0.0621 e. The van der Waals surface area contributed by atoms with Crippen molar-refractivity contribution in [1.29, 1.82) is 0 Å². The van der Waals surface area contributed by atoms with Crippen molar-refractivity contribution in [2.24, 2.45) is 0 Å². The Labute approximate surface area is 126 Å². The number of likely N-dealkylation sites (N-methyl/N-ethyl adjacent to an activating group) is 1. The molecule has 1 unspecified atom stereocenters. The van der Waals surface area contributed by atoms with Crippen LogP contribution >= 0.6 is 11.6 Å². The zero-order valence-electron chi connectivity index (χ0n) is 11.8. The molecule has 0 aliphatic carbocycles. The molecule has 0 fully saturated rings. The van der Waals surface area contributed by atoms with Crippen LogP contribution in [0, 0.1) is 0 Å². The number of nitrogens with zero attached hydrogens (tertiary/aromatic N) is 1. The third-order valence-electron chi connectivity index (χ3n) is 3.53. The van der Waals surface area contributed by atoms with Crippen molar-refractivity contribution in [2.75, 3.05) is 13.1 Å². The molecule has 3 heteroatoms. The molecule has 0 aliphatic heterocycles. The highest BCUT2D eigenvalue weighted by Crippen LogP contribution is 2.23. The van der Waals surface area contributed by atoms with Crippen LogP contribution in [0.15, 0.2) is 48.8 Å². The van der Waals surface area contributed by atoms with E-state index in [1.165, 1.54) is 11.1 Å². The predicted octanol–water partition coefficient (Wildman–Crippen LogP) is 4.06. The molecular formula is C17H21ClN2. The van der Waals surface area contributed by atoms with Crippen LogP contribution in [0.3, 0.4) is 0 Å². The van der Waals surface area contributed by atoms with E-state index in [1.54, 1.807) is 6.20 Å². The highest BCUT2D eigenvalue weighted by molar-refractivity contribution is 6.31. The first kappa shape index (κ1) is 15.0. The fourth-order valence-electron chi connectivity index (χ4n) is 2.37. The number of nitrogens with one attached hydrogen (secondary N) is 1. The van der Waals surface area contributed by atoms with Crippen molar-refractivity contribution >= 4 is 11.6 Å². The van der Waals surface area contributed by atoms with E-state index in [2.05, 4.69) is 47.6 Å². The van der Waals surface area contributed by atoms with Crippen molar-refractivity contribution in [3.8, 4) is 0 Å². The molecular weight excluding hydrogens is 268 g/mol. The summed E-state index contributed by atoms with van der Waals surface area (Å²) in [6.07, 6.45) is 5.59. The van der Waals surface area contributed by atoms with Gasteiger partial charge < -0.3 is 5.32 Å². The molecule has 2 rings (SSSR count). The first-order valence-electron chi connectivity index (χ1n) is 7.15. The Bertz CT molecular complexity index is 513. The number of aryl methyl sites for hydroxylation is 1. The summed E-state index contributed by atoms with van der Waals surface area (Å²) in [5.74, 6) is 0.514. The molecule has 0 saturated carbocycles. The topological polar surface area (TPSA) is 24.9 Å². The molecule has 2 nitrogen and oxygen atoms in total. The summed E-state index contributed by atoms with van der Waals surface area (Å²) < 4.78 is 0. The van der Waals surface area contributed by atoms with Gasteiger partial charge in [-0.25, -0.2) is 0 Å². The van der Waals surface area contributed by atoms with Crippen LogP contribution < -0.4 is 5.32 Å². The van der Waals surface area contributed by atoms with E-state index in [-0.39, 0.29) is 0 Å². The van der Waals surface area contributed by atoms with Crippen LogP contribution in [-0.2, 0) is 6.42 Å². The number of hydrogen-bond donors (Lipinski definition) is 1. The Morgan fingerprint density at radius 1 is 1.20 bits per heavy atom. The van der Waals surface area contributed by atoms with Gasteiger partial charge in [0.1, 0.15) is 0 Å². The molecule has 0 amide bonds. The second-order valence-corrected chi connectivity index (χ2v) is 5.33. The van der Waals surface area contributed by atoms with Crippen LogP contribution in [0.4, 0.5) is 0 Å². The average Bonchev–Trinajstić information content (AvgIpc) is 2.50. The van der Waals surface area contributed by atoms with Gasteiger partial charge in [-0.2, -0.15) is 0 Å². The standard InChI is InChI=1S/C17H21ClN2/c1-2-19-12-16(14-6-4-3-5-7-14)9-8-15-10-11-20-13-17(15)18/h3-7,10-11,13,16,19H,2,8-9,12H2,1H3. The largest absolute Gasteiger partial charge is 0.316 e. The highest BCUT2D eigenvalue weighted by Gasteiger charge is 2.11. The second kappa shape index (κ2) is 8.03. The molecule has 2 aromatic rings. The summed E-state index contributed by atoms with van der Waals surface area (Å²) >= 11 is 6.18. The number of halogens is 1. The van der Waals surface area contributed by atoms with E-state index in [0.29, 0.717) is 5.92 Å². The van der Waals surface area contributed by atoms with Gasteiger partial charge in [0.25, 0.3) is 0 Å². The maximum Gasteiger partial charge on any atom is 0.0621 e. The summed E-state index contributed by atoms with van der Waals surface area (Å²) in [5, 5.41) is 4.22. The number of aromatic nitrogens is 1. The normalized spacial score (nSPS) is 12.3. The van der Waals surface area contributed by atoms with Gasteiger partial charge in [-0.3, -0.25) is 4.98 Å². The molecule has 0 saturated heterocycles. The first-order chi connectivity index (χ1) is 9.81. The average molecular weight is 289 g/mol. The van der Waals surface area contributed by atoms with Crippen LogP contribution in [0.5, 0.6) is 0 Å². The quantitative estimate of drug-likeness (QED) is 0.831. The lowest BCUT2D eigenvalue weighted by Gasteiger charge is -2.18. The minimum atomic E-state index is 0.514. The van der Waals surface area contributed by atoms with Crippen LogP contribution in [0.2, 0.25) is 5.02 Å². The van der Waals surface area contributed by atoms with Gasteiger partial charge in [0.15, 0.2) is 0 Å². The van der Waals surface area contributed by atoms with Crippen molar-refractivity contribution in [3.05, 3.63) is 64.9 Å². The molecule has 1 heterocycles. The van der Waals surface area contributed by atoms with Crippen molar-refractivity contribution in [2.45, 2.75) is 25.7 Å². The molecule has 106 valence electrons. The lowest BCUT2D eigenvalue weighted by atomic mass is 9.92. The van der Waals surface area contributed by atoms with E-state index in [1.807, 2.05) is 12.3 Å². The van der Waals surface area contributed by atoms with Gasteiger partial charge >= 0.3 is 0 Å². The van der Waals surface area contributed by atoms with Gasteiger partial charge in [-0.15, -0.1) is 0 Å². The third kappa shape index (κ3) is 4.32. The summed E-state index contributed by atoms with van der Waals surface area (Å²) in [5.41, 5.74) is 2.57. The van der Waals surface area contributed by atoms with Crippen molar-refractivity contribution in [1.82, 2.24) is 10.3 Å². The zero-order chi connectivity index (χ0) is 14.2. The lowest BCUT2D eigenvalue weighted by molar-refractivity contribution is 0.561. The lowest BCUT2D eigenvalue weighted by Crippen LogP contribution is -2.21. The minimum absolute atomic E-state index is 0.514. The third-order valence-corrected chi connectivity index (χ3v) is 3.87.